The van der Waals surface area contributed by atoms with E-state index in [2.05, 4.69) is 5.32 Å². The van der Waals surface area contributed by atoms with Gasteiger partial charge in [0.25, 0.3) is 5.91 Å². The highest BCUT2D eigenvalue weighted by atomic mass is 19.2. The summed E-state index contributed by atoms with van der Waals surface area (Å²) in [6, 6.07) is 7.38. The molecule has 0 bridgehead atoms. The van der Waals surface area contributed by atoms with Crippen LogP contribution in [0.15, 0.2) is 36.4 Å². The molecule has 0 unspecified atom stereocenters. The van der Waals surface area contributed by atoms with E-state index in [1.807, 2.05) is 0 Å². The number of benzene rings is 2. The zero-order chi connectivity index (χ0) is 19.9. The molecule has 0 spiro atoms. The van der Waals surface area contributed by atoms with Gasteiger partial charge in [-0.05, 0) is 55.8 Å². The van der Waals surface area contributed by atoms with E-state index in [9.17, 15) is 23.5 Å². The van der Waals surface area contributed by atoms with Gasteiger partial charge in [0.05, 0.1) is 11.4 Å². The lowest BCUT2D eigenvalue weighted by Crippen LogP contribution is -2.24. The number of halogens is 2. The number of carbonyl (C=O) groups excluding carboxylic acids is 2. The lowest BCUT2D eigenvalue weighted by atomic mass is 9.97. The minimum atomic E-state index is -1.12. The summed E-state index contributed by atoms with van der Waals surface area (Å²) in [6.45, 7) is 3.36. The van der Waals surface area contributed by atoms with Gasteiger partial charge < -0.3 is 10.4 Å². The van der Waals surface area contributed by atoms with Crippen LogP contribution in [0.2, 0.25) is 0 Å². The van der Waals surface area contributed by atoms with Crippen LogP contribution in [0, 0.1) is 18.6 Å². The van der Waals surface area contributed by atoms with Crippen molar-refractivity contribution >= 4 is 22.7 Å². The van der Waals surface area contributed by atoms with Crippen LogP contribution in [-0.2, 0) is 4.79 Å². The van der Waals surface area contributed by atoms with Crippen molar-refractivity contribution in [2.75, 3.05) is 7.05 Å². The molecule has 1 amide bonds. The number of nitrogens with one attached hydrogen (secondary N) is 1. The first kappa shape index (κ1) is 18.6. The molecule has 0 aliphatic heterocycles. The monoisotopic (exact) mass is 372 g/mol. The second-order valence-corrected chi connectivity index (χ2v) is 6.31. The van der Waals surface area contributed by atoms with Crippen molar-refractivity contribution in [2.24, 2.45) is 0 Å². The molecular weight excluding hydrogens is 354 g/mol. The average molecular weight is 372 g/mol. The van der Waals surface area contributed by atoms with Crippen LogP contribution in [-0.4, -0.2) is 28.5 Å². The number of likely N-dealkylation sites (N-methyl/N-ethyl adjacent to an activating group) is 1. The largest absolute Gasteiger partial charge is 0.508 e. The Morgan fingerprint density at radius 2 is 1.81 bits per heavy atom. The van der Waals surface area contributed by atoms with Crippen molar-refractivity contribution in [3.8, 4) is 5.75 Å². The normalized spacial score (nSPS) is 12.2. The van der Waals surface area contributed by atoms with Crippen molar-refractivity contribution in [2.45, 2.75) is 19.8 Å². The van der Waals surface area contributed by atoms with E-state index in [4.69, 9.17) is 0 Å². The van der Waals surface area contributed by atoms with Gasteiger partial charge in [0.15, 0.2) is 11.6 Å². The van der Waals surface area contributed by atoms with Crippen LogP contribution >= 0.6 is 0 Å². The first-order valence-corrected chi connectivity index (χ1v) is 8.31. The molecule has 0 saturated carbocycles. The third-order valence-corrected chi connectivity index (χ3v) is 4.68. The van der Waals surface area contributed by atoms with Gasteiger partial charge in [-0.1, -0.05) is 0 Å². The van der Waals surface area contributed by atoms with Crippen molar-refractivity contribution in [3.05, 3.63) is 64.9 Å². The lowest BCUT2D eigenvalue weighted by molar-refractivity contribution is -0.121. The van der Waals surface area contributed by atoms with E-state index in [0.29, 0.717) is 22.2 Å². The van der Waals surface area contributed by atoms with Crippen LogP contribution in [0.3, 0.4) is 0 Å². The zero-order valence-electron chi connectivity index (χ0n) is 15.0. The van der Waals surface area contributed by atoms with Crippen LogP contribution in [0.4, 0.5) is 8.78 Å². The number of hydrogen-bond donors (Lipinski definition) is 2. The van der Waals surface area contributed by atoms with E-state index in [-0.39, 0.29) is 17.2 Å². The molecule has 7 heteroatoms. The molecule has 0 radical (unpaired) electrons. The predicted octanol–water partition coefficient (Wildman–Crippen LogP) is 3.47. The third-order valence-electron chi connectivity index (χ3n) is 4.68. The van der Waals surface area contributed by atoms with Gasteiger partial charge >= 0.3 is 0 Å². The van der Waals surface area contributed by atoms with E-state index in [1.54, 1.807) is 19.9 Å². The van der Waals surface area contributed by atoms with Crippen LogP contribution < -0.4 is 5.32 Å². The molecule has 0 saturated heterocycles. The maximum Gasteiger partial charge on any atom is 0.262 e. The zero-order valence-corrected chi connectivity index (χ0v) is 15.0. The van der Waals surface area contributed by atoms with Crippen LogP contribution in [0.5, 0.6) is 5.75 Å². The number of phenols is 1. The molecule has 3 aromatic rings. The fourth-order valence-corrected chi connectivity index (χ4v) is 3.34. The molecule has 0 aliphatic rings. The second kappa shape index (κ2) is 6.83. The molecule has 0 fully saturated rings. The highest BCUT2D eigenvalue weighted by Gasteiger charge is 2.26. The average Bonchev–Trinajstić information content (AvgIpc) is 2.93. The smallest absolute Gasteiger partial charge is 0.262 e. The SMILES string of the molecule is CNC(=O)[C@@H](C)c1c(C)n(C(=O)c2ccc(F)c(F)c2)c2ccc(O)cc12. The van der Waals surface area contributed by atoms with Crippen LogP contribution in [0.25, 0.3) is 10.9 Å². The van der Waals surface area contributed by atoms with Gasteiger partial charge in [-0.15, -0.1) is 0 Å². The molecule has 3 rings (SSSR count). The quantitative estimate of drug-likeness (QED) is 0.740. The predicted molar refractivity (Wildman–Crippen MR) is 96.9 cm³/mol. The number of fused-ring (bicyclic) bond motifs is 1. The Kier molecular flexibility index (Phi) is 4.70. The maximum atomic E-state index is 13.6. The van der Waals surface area contributed by atoms with Gasteiger partial charge in [0.2, 0.25) is 5.91 Å². The Morgan fingerprint density at radius 3 is 2.44 bits per heavy atom. The topological polar surface area (TPSA) is 71.3 Å². The number of phenolic OH excluding ortho intramolecular Hbond substituents is 1. The second-order valence-electron chi connectivity index (χ2n) is 6.31. The van der Waals surface area contributed by atoms with E-state index in [1.165, 1.54) is 29.8 Å². The van der Waals surface area contributed by atoms with Gasteiger partial charge in [0, 0.05) is 23.7 Å². The van der Waals surface area contributed by atoms with Crippen molar-refractivity contribution in [1.29, 1.82) is 0 Å². The number of rotatable bonds is 3. The lowest BCUT2D eigenvalue weighted by Gasteiger charge is -2.12. The summed E-state index contributed by atoms with van der Waals surface area (Å²) in [5, 5.41) is 13.0. The summed E-state index contributed by atoms with van der Waals surface area (Å²) < 4.78 is 28.1. The van der Waals surface area contributed by atoms with Gasteiger partial charge in [-0.25, -0.2) is 8.78 Å². The number of aromatic hydroxyl groups is 1. The number of amides is 1. The standard InChI is InChI=1S/C20H18F2N2O3/c1-10(19(26)23-3)18-11(2)24(17-7-5-13(25)9-14(17)18)20(27)12-4-6-15(21)16(22)8-12/h4-10,25H,1-3H3,(H,23,26)/t10-/m0/s1. The minimum Gasteiger partial charge on any atom is -0.508 e. The van der Waals surface area contributed by atoms with E-state index >= 15 is 0 Å². The third kappa shape index (κ3) is 3.05. The van der Waals surface area contributed by atoms with Crippen molar-refractivity contribution < 1.29 is 23.5 Å². The summed E-state index contributed by atoms with van der Waals surface area (Å²) in [6.07, 6.45) is 0. The Bertz CT molecular complexity index is 1070. The number of hydrogen-bond acceptors (Lipinski definition) is 3. The Labute approximate surface area is 154 Å². The molecule has 1 heterocycles. The first-order valence-electron chi connectivity index (χ1n) is 8.31. The summed E-state index contributed by atoms with van der Waals surface area (Å²) in [5.74, 6) is -3.56. The number of aromatic nitrogens is 1. The number of nitrogens with zero attached hydrogens (tertiary/aromatic N) is 1. The fraction of sp³-hybridized carbons (Fsp3) is 0.200. The summed E-state index contributed by atoms with van der Waals surface area (Å²) in [5.41, 5.74) is 1.50. The molecule has 2 N–H and O–H groups in total. The summed E-state index contributed by atoms with van der Waals surface area (Å²) in [4.78, 5) is 25.2. The maximum absolute atomic E-state index is 13.6. The van der Waals surface area contributed by atoms with Crippen molar-refractivity contribution in [3.63, 3.8) is 0 Å². The highest BCUT2D eigenvalue weighted by Crippen LogP contribution is 2.34. The Balaban J connectivity index is 2.27. The Hall–Kier alpha value is -3.22. The number of carbonyl (C=O) groups is 2. The van der Waals surface area contributed by atoms with Crippen LogP contribution in [0.1, 0.15) is 34.5 Å². The van der Waals surface area contributed by atoms with Gasteiger partial charge in [0.1, 0.15) is 5.75 Å². The molecule has 1 aromatic heterocycles. The molecule has 140 valence electrons. The highest BCUT2D eigenvalue weighted by molar-refractivity contribution is 6.05. The summed E-state index contributed by atoms with van der Waals surface area (Å²) in [7, 11) is 1.51. The van der Waals surface area contributed by atoms with E-state index in [0.717, 1.165) is 12.1 Å². The molecule has 27 heavy (non-hydrogen) atoms. The van der Waals surface area contributed by atoms with Gasteiger partial charge in [-0.3, -0.25) is 14.2 Å². The molecule has 2 aromatic carbocycles. The molecule has 0 aliphatic carbocycles. The van der Waals surface area contributed by atoms with E-state index < -0.39 is 23.5 Å². The summed E-state index contributed by atoms with van der Waals surface area (Å²) >= 11 is 0. The molecular formula is C20H18F2N2O3. The van der Waals surface area contributed by atoms with Crippen molar-refractivity contribution in [1.82, 2.24) is 9.88 Å². The Morgan fingerprint density at radius 1 is 1.11 bits per heavy atom. The first-order chi connectivity index (χ1) is 12.8. The minimum absolute atomic E-state index is 0.00900. The van der Waals surface area contributed by atoms with Gasteiger partial charge in [-0.2, -0.15) is 0 Å². The molecule has 5 nitrogen and oxygen atoms in total. The fourth-order valence-electron chi connectivity index (χ4n) is 3.34. The molecule has 1 atom stereocenters.